The van der Waals surface area contributed by atoms with Crippen LogP contribution in [-0.2, 0) is 9.59 Å². The topological polar surface area (TPSA) is 58.2 Å². The van der Waals surface area contributed by atoms with Gasteiger partial charge in [0.2, 0.25) is 11.8 Å². The molecule has 0 saturated heterocycles. The average Bonchev–Trinajstić information content (AvgIpc) is 2.58. The first kappa shape index (κ1) is 20.0. The molecule has 2 aromatic carbocycles. The second-order valence-electron chi connectivity index (χ2n) is 6.60. The molecule has 1 atom stereocenters. The molecular formula is C21H26N2O2S. The average molecular weight is 371 g/mol. The van der Waals surface area contributed by atoms with Crippen molar-refractivity contribution in [2.75, 3.05) is 10.6 Å². The highest BCUT2D eigenvalue weighted by atomic mass is 32.2. The van der Waals surface area contributed by atoms with Gasteiger partial charge in [-0.1, -0.05) is 6.07 Å². The number of anilines is 2. The third-order valence-electron chi connectivity index (χ3n) is 4.43. The van der Waals surface area contributed by atoms with E-state index in [0.717, 1.165) is 0 Å². The van der Waals surface area contributed by atoms with E-state index in [1.165, 1.54) is 34.1 Å². The van der Waals surface area contributed by atoms with Gasteiger partial charge in [-0.25, -0.2) is 0 Å². The first-order chi connectivity index (χ1) is 12.2. The van der Waals surface area contributed by atoms with Gasteiger partial charge in [0, 0.05) is 23.2 Å². The van der Waals surface area contributed by atoms with Crippen LogP contribution in [0.1, 0.15) is 36.1 Å². The lowest BCUT2D eigenvalue weighted by Gasteiger charge is -2.18. The summed E-state index contributed by atoms with van der Waals surface area (Å²) in [4.78, 5) is 24.8. The summed E-state index contributed by atoms with van der Waals surface area (Å²) in [6.07, 6.45) is 0. The van der Waals surface area contributed by atoms with E-state index >= 15 is 0 Å². The van der Waals surface area contributed by atoms with Gasteiger partial charge < -0.3 is 10.6 Å². The standard InChI is InChI=1S/C21H26N2O2S/c1-12-11-13(2)15(4)20(14(12)3)26-16(5)21(25)23-19-9-7-18(8-10-19)22-17(6)24/h7-11,16H,1-6H3,(H,22,24)(H,23,25). The van der Waals surface area contributed by atoms with Crippen molar-refractivity contribution in [2.45, 2.75) is 51.7 Å². The molecule has 0 saturated carbocycles. The SMILES string of the molecule is CC(=O)Nc1ccc(NC(=O)C(C)Sc2c(C)c(C)cc(C)c2C)cc1. The molecule has 138 valence electrons. The van der Waals surface area contributed by atoms with Gasteiger partial charge in [-0.05, 0) is 81.1 Å². The van der Waals surface area contributed by atoms with Crippen molar-refractivity contribution < 1.29 is 9.59 Å². The van der Waals surface area contributed by atoms with E-state index < -0.39 is 0 Å². The van der Waals surface area contributed by atoms with Gasteiger partial charge in [-0.3, -0.25) is 9.59 Å². The summed E-state index contributed by atoms with van der Waals surface area (Å²) >= 11 is 1.60. The number of nitrogens with one attached hydrogen (secondary N) is 2. The number of rotatable bonds is 5. The summed E-state index contributed by atoms with van der Waals surface area (Å²) < 4.78 is 0. The predicted molar refractivity (Wildman–Crippen MR) is 110 cm³/mol. The highest BCUT2D eigenvalue weighted by molar-refractivity contribution is 8.00. The first-order valence-electron chi connectivity index (χ1n) is 8.61. The lowest BCUT2D eigenvalue weighted by molar-refractivity contribution is -0.115. The fourth-order valence-electron chi connectivity index (χ4n) is 2.67. The molecule has 0 fully saturated rings. The molecule has 4 nitrogen and oxygen atoms in total. The van der Waals surface area contributed by atoms with Crippen LogP contribution in [0.3, 0.4) is 0 Å². The van der Waals surface area contributed by atoms with Gasteiger partial charge in [0.1, 0.15) is 0 Å². The molecular weight excluding hydrogens is 344 g/mol. The van der Waals surface area contributed by atoms with E-state index in [1.54, 1.807) is 36.0 Å². The number of benzene rings is 2. The Balaban J connectivity index is 2.08. The lowest BCUT2D eigenvalue weighted by Crippen LogP contribution is -2.22. The summed E-state index contributed by atoms with van der Waals surface area (Å²) in [6, 6.07) is 9.30. The molecule has 2 amide bonds. The molecule has 0 radical (unpaired) electrons. The zero-order valence-electron chi connectivity index (χ0n) is 16.2. The molecule has 26 heavy (non-hydrogen) atoms. The van der Waals surface area contributed by atoms with Crippen LogP contribution in [0.4, 0.5) is 11.4 Å². The Morgan fingerprint density at radius 1 is 0.885 bits per heavy atom. The number of hydrogen-bond acceptors (Lipinski definition) is 3. The van der Waals surface area contributed by atoms with Crippen molar-refractivity contribution in [3.8, 4) is 0 Å². The normalized spacial score (nSPS) is 11.8. The van der Waals surface area contributed by atoms with E-state index in [4.69, 9.17) is 0 Å². The van der Waals surface area contributed by atoms with Gasteiger partial charge in [-0.15, -0.1) is 11.8 Å². The maximum Gasteiger partial charge on any atom is 0.237 e. The third-order valence-corrected chi connectivity index (χ3v) is 5.85. The van der Waals surface area contributed by atoms with Crippen molar-refractivity contribution in [1.29, 1.82) is 0 Å². The minimum absolute atomic E-state index is 0.0414. The van der Waals surface area contributed by atoms with Gasteiger partial charge in [0.25, 0.3) is 0 Å². The number of carbonyl (C=O) groups is 2. The monoisotopic (exact) mass is 370 g/mol. The highest BCUT2D eigenvalue weighted by Crippen LogP contribution is 2.34. The lowest BCUT2D eigenvalue weighted by atomic mass is 10.0. The molecule has 0 spiro atoms. The molecule has 0 aliphatic rings. The summed E-state index contributed by atoms with van der Waals surface area (Å²) in [6.45, 7) is 11.8. The summed E-state index contributed by atoms with van der Waals surface area (Å²) in [7, 11) is 0. The number of amides is 2. The predicted octanol–water partition coefficient (Wildman–Crippen LogP) is 5.00. The van der Waals surface area contributed by atoms with Crippen molar-refractivity contribution in [3.63, 3.8) is 0 Å². The largest absolute Gasteiger partial charge is 0.326 e. The number of aryl methyl sites for hydroxylation is 2. The van der Waals surface area contributed by atoms with Crippen molar-refractivity contribution in [3.05, 3.63) is 52.6 Å². The fourth-order valence-corrected chi connectivity index (χ4v) is 3.87. The van der Waals surface area contributed by atoms with Crippen LogP contribution in [0.15, 0.2) is 35.2 Å². The van der Waals surface area contributed by atoms with E-state index in [1.807, 2.05) is 6.92 Å². The van der Waals surface area contributed by atoms with E-state index in [9.17, 15) is 9.59 Å². The number of thioether (sulfide) groups is 1. The maximum absolute atomic E-state index is 12.6. The van der Waals surface area contributed by atoms with E-state index in [0.29, 0.717) is 11.4 Å². The minimum atomic E-state index is -0.219. The Morgan fingerprint density at radius 2 is 1.35 bits per heavy atom. The number of hydrogen-bond donors (Lipinski definition) is 2. The molecule has 2 aromatic rings. The van der Waals surface area contributed by atoms with E-state index in [2.05, 4.69) is 44.4 Å². The summed E-state index contributed by atoms with van der Waals surface area (Å²) in [5, 5.41) is 5.43. The second-order valence-corrected chi connectivity index (χ2v) is 7.95. The molecule has 5 heteroatoms. The van der Waals surface area contributed by atoms with Crippen LogP contribution >= 0.6 is 11.8 Å². The zero-order valence-corrected chi connectivity index (χ0v) is 17.0. The molecule has 2 N–H and O–H groups in total. The molecule has 0 heterocycles. The van der Waals surface area contributed by atoms with E-state index in [-0.39, 0.29) is 17.1 Å². The molecule has 0 aliphatic heterocycles. The molecule has 2 rings (SSSR count). The second kappa shape index (κ2) is 8.41. The van der Waals surface area contributed by atoms with Gasteiger partial charge in [0.15, 0.2) is 0 Å². The van der Waals surface area contributed by atoms with Crippen LogP contribution in [0.5, 0.6) is 0 Å². The maximum atomic E-state index is 12.6. The van der Waals surface area contributed by atoms with Crippen LogP contribution in [0.25, 0.3) is 0 Å². The number of carbonyl (C=O) groups excluding carboxylic acids is 2. The van der Waals surface area contributed by atoms with Crippen LogP contribution < -0.4 is 10.6 Å². The Hall–Kier alpha value is -2.27. The molecule has 0 aliphatic carbocycles. The van der Waals surface area contributed by atoms with Crippen molar-refractivity contribution >= 4 is 35.0 Å². The Bertz CT molecular complexity index is 803. The Kier molecular flexibility index (Phi) is 6.48. The quantitative estimate of drug-likeness (QED) is 0.728. The van der Waals surface area contributed by atoms with Crippen molar-refractivity contribution in [1.82, 2.24) is 0 Å². The minimum Gasteiger partial charge on any atom is -0.326 e. The van der Waals surface area contributed by atoms with Crippen molar-refractivity contribution in [2.24, 2.45) is 0 Å². The highest BCUT2D eigenvalue weighted by Gasteiger charge is 2.18. The summed E-state index contributed by atoms with van der Waals surface area (Å²) in [5.41, 5.74) is 6.38. The zero-order chi connectivity index (χ0) is 19.4. The van der Waals surface area contributed by atoms with Crippen LogP contribution in [0, 0.1) is 27.7 Å². The third kappa shape index (κ3) is 4.88. The Labute approximate surface area is 159 Å². The first-order valence-corrected chi connectivity index (χ1v) is 9.49. The molecule has 0 aromatic heterocycles. The summed E-state index contributed by atoms with van der Waals surface area (Å²) in [5.74, 6) is -0.161. The fraction of sp³-hybridized carbons (Fsp3) is 0.333. The molecule has 1 unspecified atom stereocenters. The van der Waals surface area contributed by atoms with Crippen LogP contribution in [0.2, 0.25) is 0 Å². The Morgan fingerprint density at radius 3 is 1.81 bits per heavy atom. The van der Waals surface area contributed by atoms with Crippen LogP contribution in [-0.4, -0.2) is 17.1 Å². The van der Waals surface area contributed by atoms with Gasteiger partial charge in [0.05, 0.1) is 5.25 Å². The smallest absolute Gasteiger partial charge is 0.237 e. The molecule has 0 bridgehead atoms. The van der Waals surface area contributed by atoms with Gasteiger partial charge in [-0.2, -0.15) is 0 Å². The van der Waals surface area contributed by atoms with Gasteiger partial charge >= 0.3 is 0 Å².